The Hall–Kier alpha value is -4.91. The third-order valence-corrected chi connectivity index (χ3v) is 7.61. The van der Waals surface area contributed by atoms with E-state index >= 15 is 0 Å². The van der Waals surface area contributed by atoms with E-state index in [2.05, 4.69) is 5.32 Å². The number of cyclic esters (lactones) is 1. The highest BCUT2D eigenvalue weighted by Gasteiger charge is 2.53. The molecule has 2 N–H and O–H groups in total. The van der Waals surface area contributed by atoms with Crippen molar-refractivity contribution in [3.05, 3.63) is 76.3 Å². The number of carbonyl (C=O) groups excluding carboxylic acids is 2. The molecule has 3 aromatic carbocycles. The summed E-state index contributed by atoms with van der Waals surface area (Å²) in [4.78, 5) is 26.6. The van der Waals surface area contributed by atoms with Gasteiger partial charge < -0.3 is 34.1 Å². The van der Waals surface area contributed by atoms with Crippen LogP contribution in [0.2, 0.25) is 0 Å². The lowest BCUT2D eigenvalue weighted by atomic mass is 9.65. The van der Waals surface area contributed by atoms with Gasteiger partial charge >= 0.3 is 5.97 Å². The third-order valence-electron chi connectivity index (χ3n) is 7.61. The van der Waals surface area contributed by atoms with Crippen LogP contribution >= 0.6 is 0 Å². The van der Waals surface area contributed by atoms with Crippen LogP contribution < -0.4 is 24.3 Å². The molecule has 2 heterocycles. The normalized spacial score (nSPS) is 22.2. The average molecular weight is 529 g/mol. The molecule has 3 aliphatic rings. The summed E-state index contributed by atoms with van der Waals surface area (Å²) in [6.45, 7) is 0.166. The van der Waals surface area contributed by atoms with Crippen molar-refractivity contribution < 1.29 is 38.4 Å². The van der Waals surface area contributed by atoms with Crippen molar-refractivity contribution in [1.82, 2.24) is 5.32 Å². The first-order chi connectivity index (χ1) is 18.9. The molecule has 6 rings (SSSR count). The van der Waals surface area contributed by atoms with Crippen molar-refractivity contribution in [3.63, 3.8) is 0 Å². The van der Waals surface area contributed by atoms with Crippen LogP contribution in [0.15, 0.2) is 48.5 Å². The summed E-state index contributed by atoms with van der Waals surface area (Å²) < 4.78 is 27.7. The Morgan fingerprint density at radius 1 is 1.00 bits per heavy atom. The largest absolute Gasteiger partial charge is 0.502 e. The summed E-state index contributed by atoms with van der Waals surface area (Å²) >= 11 is 0. The number of esters is 1. The molecule has 2 aliphatic heterocycles. The summed E-state index contributed by atoms with van der Waals surface area (Å²) in [5.41, 5.74) is 3.01. The van der Waals surface area contributed by atoms with Gasteiger partial charge in [-0.1, -0.05) is 0 Å². The van der Waals surface area contributed by atoms with Crippen LogP contribution in [0.5, 0.6) is 28.7 Å². The minimum absolute atomic E-state index is 0.0565. The Morgan fingerprint density at radius 3 is 2.26 bits per heavy atom. The monoisotopic (exact) mass is 528 g/mol. The Morgan fingerprint density at radius 2 is 1.64 bits per heavy atom. The maximum atomic E-state index is 13.3. The van der Waals surface area contributed by atoms with Gasteiger partial charge in [-0.25, -0.2) is 0 Å². The van der Waals surface area contributed by atoms with E-state index in [1.165, 1.54) is 14.2 Å². The number of benzene rings is 3. The minimum Gasteiger partial charge on any atom is -0.502 e. The van der Waals surface area contributed by atoms with Crippen LogP contribution in [0.25, 0.3) is 0 Å². The standard InChI is InChI=1S/C29H24N2O8/c1-35-22-7-16(8-23(36-2)27(22)32)24-17-9-20-21(39-13-38-20)10-18(17)26(19-12-37-29(34)25(19)24)31-28(33)15-5-3-14(11-30)4-6-15/h3-10,19,24-26,32H,12-13H2,1-2H3,(H,31,33)/t19-,24+,25-,26+/m0/s1. The SMILES string of the molecule is COc1cc([C@@H]2c3cc4c(cc3[C@@H](NC(=O)c3ccc(C#N)cc3)[C@H]3COC(=O)[C@H]23)OCO4)cc(OC)c1O. The summed E-state index contributed by atoms with van der Waals surface area (Å²) in [6, 6.07) is 14.8. The number of carbonyl (C=O) groups is 2. The molecule has 1 saturated heterocycles. The van der Waals surface area contributed by atoms with E-state index in [1.807, 2.05) is 18.2 Å². The van der Waals surface area contributed by atoms with Crippen molar-refractivity contribution in [3.8, 4) is 34.8 Å². The molecule has 1 fully saturated rings. The molecule has 198 valence electrons. The van der Waals surface area contributed by atoms with Gasteiger partial charge in [-0.15, -0.1) is 0 Å². The number of phenolic OH excluding ortho intramolecular Hbond substituents is 1. The van der Waals surface area contributed by atoms with Gasteiger partial charge in [-0.3, -0.25) is 9.59 Å². The number of rotatable bonds is 5. The number of aromatic hydroxyl groups is 1. The molecular weight excluding hydrogens is 504 g/mol. The molecule has 39 heavy (non-hydrogen) atoms. The maximum absolute atomic E-state index is 13.3. The summed E-state index contributed by atoms with van der Waals surface area (Å²) in [5.74, 6) is -0.990. The fourth-order valence-electron chi connectivity index (χ4n) is 5.76. The predicted molar refractivity (Wildman–Crippen MR) is 135 cm³/mol. The zero-order valence-corrected chi connectivity index (χ0v) is 21.1. The highest BCUT2D eigenvalue weighted by Crippen LogP contribution is 2.55. The van der Waals surface area contributed by atoms with Gasteiger partial charge in [0, 0.05) is 17.4 Å². The molecule has 0 bridgehead atoms. The van der Waals surface area contributed by atoms with Crippen molar-refractivity contribution in [2.75, 3.05) is 27.6 Å². The van der Waals surface area contributed by atoms with E-state index in [0.29, 0.717) is 28.2 Å². The number of nitrogens with zero attached hydrogens (tertiary/aromatic N) is 1. The lowest BCUT2D eigenvalue weighted by Gasteiger charge is -2.39. The third kappa shape index (κ3) is 3.94. The van der Waals surface area contributed by atoms with E-state index in [-0.39, 0.29) is 36.6 Å². The Bertz CT molecular complexity index is 1500. The van der Waals surface area contributed by atoms with Crippen molar-refractivity contribution in [2.24, 2.45) is 11.8 Å². The Kier molecular flexibility index (Phi) is 5.91. The van der Waals surface area contributed by atoms with E-state index in [9.17, 15) is 14.7 Å². The number of hydrogen-bond acceptors (Lipinski definition) is 9. The lowest BCUT2D eigenvalue weighted by Crippen LogP contribution is -2.42. The average Bonchev–Trinajstić information content (AvgIpc) is 3.58. The van der Waals surface area contributed by atoms with Gasteiger partial charge in [0.25, 0.3) is 5.91 Å². The molecule has 0 spiro atoms. The van der Waals surface area contributed by atoms with Gasteiger partial charge in [-0.2, -0.15) is 5.26 Å². The first kappa shape index (κ1) is 24.4. The molecule has 0 saturated carbocycles. The van der Waals surface area contributed by atoms with Gasteiger partial charge in [0.1, 0.15) is 0 Å². The Labute approximate surface area is 223 Å². The fourth-order valence-corrected chi connectivity index (χ4v) is 5.76. The molecule has 0 aromatic heterocycles. The topological polar surface area (TPSA) is 136 Å². The van der Waals surface area contributed by atoms with Crippen molar-refractivity contribution in [1.29, 1.82) is 5.26 Å². The van der Waals surface area contributed by atoms with Crippen LogP contribution in [-0.4, -0.2) is 44.6 Å². The van der Waals surface area contributed by atoms with Gasteiger partial charge in [0.2, 0.25) is 12.5 Å². The molecular formula is C29H24N2O8. The second kappa shape index (κ2) is 9.44. The number of nitrogens with one attached hydrogen (secondary N) is 1. The highest BCUT2D eigenvalue weighted by atomic mass is 16.7. The highest BCUT2D eigenvalue weighted by molar-refractivity contribution is 5.95. The summed E-state index contributed by atoms with van der Waals surface area (Å²) in [6.07, 6.45) is 0. The number of nitriles is 1. The van der Waals surface area contributed by atoms with Crippen LogP contribution in [0, 0.1) is 23.2 Å². The second-order valence-corrected chi connectivity index (χ2v) is 9.55. The molecule has 4 atom stereocenters. The van der Waals surface area contributed by atoms with Crippen LogP contribution in [-0.2, 0) is 9.53 Å². The first-order valence-electron chi connectivity index (χ1n) is 12.3. The minimum atomic E-state index is -0.650. The van der Waals surface area contributed by atoms with E-state index in [1.54, 1.807) is 36.4 Å². The molecule has 1 aliphatic carbocycles. The molecule has 3 aromatic rings. The van der Waals surface area contributed by atoms with Crippen LogP contribution in [0.3, 0.4) is 0 Å². The number of ether oxygens (including phenoxy) is 5. The molecule has 0 unspecified atom stereocenters. The second-order valence-electron chi connectivity index (χ2n) is 9.55. The molecule has 10 nitrogen and oxygen atoms in total. The fraction of sp³-hybridized carbons (Fsp3) is 0.276. The van der Waals surface area contributed by atoms with Crippen molar-refractivity contribution in [2.45, 2.75) is 12.0 Å². The maximum Gasteiger partial charge on any atom is 0.310 e. The quantitative estimate of drug-likeness (QED) is 0.477. The zero-order valence-electron chi connectivity index (χ0n) is 21.1. The number of phenols is 1. The number of fused-ring (bicyclic) bond motifs is 3. The number of amides is 1. The molecule has 1 amide bonds. The smallest absolute Gasteiger partial charge is 0.310 e. The van der Waals surface area contributed by atoms with Gasteiger partial charge in [0.15, 0.2) is 23.0 Å². The van der Waals surface area contributed by atoms with E-state index < -0.39 is 29.8 Å². The van der Waals surface area contributed by atoms with Crippen LogP contribution in [0.4, 0.5) is 0 Å². The Balaban J connectivity index is 1.49. The lowest BCUT2D eigenvalue weighted by molar-refractivity contribution is -0.141. The van der Waals surface area contributed by atoms with Gasteiger partial charge in [-0.05, 0) is 65.2 Å². The van der Waals surface area contributed by atoms with E-state index in [0.717, 1.165) is 11.1 Å². The van der Waals surface area contributed by atoms with Crippen molar-refractivity contribution >= 4 is 11.9 Å². The number of methoxy groups -OCH3 is 2. The van der Waals surface area contributed by atoms with Gasteiger partial charge in [0.05, 0.1) is 44.4 Å². The predicted octanol–water partition coefficient (Wildman–Crippen LogP) is 3.42. The first-order valence-corrected chi connectivity index (χ1v) is 12.3. The zero-order chi connectivity index (χ0) is 27.3. The number of hydrogen-bond donors (Lipinski definition) is 2. The summed E-state index contributed by atoms with van der Waals surface area (Å²) in [7, 11) is 2.87. The van der Waals surface area contributed by atoms with E-state index in [4.69, 9.17) is 28.9 Å². The molecule has 0 radical (unpaired) electrons. The molecule has 10 heteroatoms. The van der Waals surface area contributed by atoms with Crippen LogP contribution in [0.1, 0.15) is 44.6 Å². The summed E-state index contributed by atoms with van der Waals surface area (Å²) in [5, 5.41) is 22.7.